The molecule has 0 radical (unpaired) electrons. The third kappa shape index (κ3) is 2.72. The fourth-order valence-electron chi connectivity index (χ4n) is 0.850. The zero-order valence-electron chi connectivity index (χ0n) is 8.61. The molecule has 0 saturated carbocycles. The highest BCUT2D eigenvalue weighted by molar-refractivity contribution is 5.33. The number of nitrogens with zero attached hydrogens (tertiary/aromatic N) is 3. The Bertz CT molecular complexity index is 304. The summed E-state index contributed by atoms with van der Waals surface area (Å²) in [6, 6.07) is 0.518. The normalized spacial score (nSPS) is 12.2. The van der Waals surface area contributed by atoms with Crippen molar-refractivity contribution in [3.05, 3.63) is 0 Å². The molecule has 0 aromatic carbocycles. The largest absolute Gasteiger partial charge is 0.467 e. The summed E-state index contributed by atoms with van der Waals surface area (Å²) < 4.78 is 4.87. The average Bonchev–Trinajstić information content (AvgIpc) is 2.16. The van der Waals surface area contributed by atoms with Gasteiger partial charge in [-0.15, -0.1) is 0 Å². The van der Waals surface area contributed by atoms with Gasteiger partial charge in [0.15, 0.2) is 0 Å². The molecule has 0 fully saturated rings. The molecule has 1 aromatic rings. The lowest BCUT2D eigenvalue weighted by atomic mass is 10.3. The number of ether oxygens (including phenoxy) is 1. The molecule has 0 saturated heterocycles. The van der Waals surface area contributed by atoms with E-state index in [0.29, 0.717) is 12.0 Å². The van der Waals surface area contributed by atoms with Gasteiger partial charge >= 0.3 is 6.01 Å². The predicted molar refractivity (Wildman–Crippen MR) is 54.2 cm³/mol. The van der Waals surface area contributed by atoms with Crippen LogP contribution < -0.4 is 15.8 Å². The fourth-order valence-corrected chi connectivity index (χ4v) is 0.850. The Balaban J connectivity index is 2.81. The van der Waals surface area contributed by atoms with Crippen LogP contribution in [0.2, 0.25) is 0 Å². The smallest absolute Gasteiger partial charge is 0.322 e. The Kier molecular flexibility index (Phi) is 3.44. The summed E-state index contributed by atoms with van der Waals surface area (Å²) in [5.41, 5.74) is 5.47. The Morgan fingerprint density at radius 3 is 2.71 bits per heavy atom. The van der Waals surface area contributed by atoms with Crippen LogP contribution in [0.3, 0.4) is 0 Å². The van der Waals surface area contributed by atoms with E-state index < -0.39 is 0 Å². The van der Waals surface area contributed by atoms with E-state index >= 15 is 0 Å². The molecule has 1 atom stereocenters. The van der Waals surface area contributed by atoms with E-state index in [1.807, 2.05) is 6.92 Å². The lowest BCUT2D eigenvalue weighted by Crippen LogP contribution is -2.17. The van der Waals surface area contributed by atoms with Crippen LogP contribution >= 0.6 is 0 Å². The maximum Gasteiger partial charge on any atom is 0.322 e. The van der Waals surface area contributed by atoms with E-state index in [-0.39, 0.29) is 12.0 Å². The van der Waals surface area contributed by atoms with Gasteiger partial charge < -0.3 is 15.8 Å². The molecular weight excluding hydrogens is 182 g/mol. The van der Waals surface area contributed by atoms with Crippen molar-refractivity contribution in [2.45, 2.75) is 26.3 Å². The summed E-state index contributed by atoms with van der Waals surface area (Å²) in [5, 5.41) is 3.08. The molecule has 6 heteroatoms. The molecule has 6 nitrogen and oxygen atoms in total. The van der Waals surface area contributed by atoms with E-state index in [1.54, 1.807) is 0 Å². The Labute approximate surface area is 82.9 Å². The molecule has 0 aliphatic heterocycles. The van der Waals surface area contributed by atoms with Crippen LogP contribution in [-0.2, 0) is 0 Å². The highest BCUT2D eigenvalue weighted by atomic mass is 16.5. The highest BCUT2D eigenvalue weighted by Gasteiger charge is 2.06. The first-order valence-electron chi connectivity index (χ1n) is 4.47. The van der Waals surface area contributed by atoms with Gasteiger partial charge in [0.05, 0.1) is 7.11 Å². The SMILES string of the molecule is CCC(C)Nc1nc(N)nc(OC)n1. The Hall–Kier alpha value is -1.59. The molecule has 1 unspecified atom stereocenters. The second-order valence-corrected chi connectivity index (χ2v) is 2.96. The van der Waals surface area contributed by atoms with Crippen LogP contribution in [0.5, 0.6) is 6.01 Å². The zero-order chi connectivity index (χ0) is 10.6. The van der Waals surface area contributed by atoms with Crippen molar-refractivity contribution in [3.63, 3.8) is 0 Å². The van der Waals surface area contributed by atoms with Crippen LogP contribution in [0.1, 0.15) is 20.3 Å². The van der Waals surface area contributed by atoms with Crippen molar-refractivity contribution in [1.29, 1.82) is 0 Å². The van der Waals surface area contributed by atoms with Crippen LogP contribution in [0.15, 0.2) is 0 Å². The fraction of sp³-hybridized carbons (Fsp3) is 0.625. The van der Waals surface area contributed by atoms with Gasteiger partial charge in [-0.2, -0.15) is 15.0 Å². The second kappa shape index (κ2) is 4.59. The minimum Gasteiger partial charge on any atom is -0.467 e. The van der Waals surface area contributed by atoms with E-state index in [2.05, 4.69) is 27.2 Å². The monoisotopic (exact) mass is 197 g/mol. The maximum absolute atomic E-state index is 5.47. The van der Waals surface area contributed by atoms with E-state index in [1.165, 1.54) is 7.11 Å². The summed E-state index contributed by atoms with van der Waals surface area (Å²) in [6.07, 6.45) is 0.980. The van der Waals surface area contributed by atoms with Crippen molar-refractivity contribution < 1.29 is 4.74 Å². The summed E-state index contributed by atoms with van der Waals surface area (Å²) in [6.45, 7) is 4.10. The summed E-state index contributed by atoms with van der Waals surface area (Å²) >= 11 is 0. The van der Waals surface area contributed by atoms with Crippen molar-refractivity contribution in [2.75, 3.05) is 18.2 Å². The maximum atomic E-state index is 5.47. The summed E-state index contributed by atoms with van der Waals surface area (Å²) in [5.74, 6) is 0.603. The number of nitrogens with one attached hydrogen (secondary N) is 1. The highest BCUT2D eigenvalue weighted by Crippen LogP contribution is 2.09. The molecule has 0 amide bonds. The first-order chi connectivity index (χ1) is 6.65. The zero-order valence-corrected chi connectivity index (χ0v) is 8.61. The minimum absolute atomic E-state index is 0.155. The lowest BCUT2D eigenvalue weighted by molar-refractivity contribution is 0.379. The quantitative estimate of drug-likeness (QED) is 0.738. The van der Waals surface area contributed by atoms with Crippen LogP contribution in [0, 0.1) is 0 Å². The van der Waals surface area contributed by atoms with Crippen molar-refractivity contribution in [1.82, 2.24) is 15.0 Å². The average molecular weight is 197 g/mol. The van der Waals surface area contributed by atoms with Crippen molar-refractivity contribution in [2.24, 2.45) is 0 Å². The summed E-state index contributed by atoms with van der Waals surface area (Å²) in [7, 11) is 1.49. The molecule has 0 aliphatic carbocycles. The summed E-state index contributed by atoms with van der Waals surface area (Å²) in [4.78, 5) is 11.7. The van der Waals surface area contributed by atoms with Gasteiger partial charge in [-0.25, -0.2) is 0 Å². The Morgan fingerprint density at radius 1 is 1.43 bits per heavy atom. The van der Waals surface area contributed by atoms with E-state index in [9.17, 15) is 0 Å². The molecule has 0 spiro atoms. The minimum atomic E-state index is 0.155. The van der Waals surface area contributed by atoms with E-state index in [0.717, 1.165) is 6.42 Å². The molecule has 1 rings (SSSR count). The molecular formula is C8H15N5O. The number of hydrogen-bond donors (Lipinski definition) is 2. The van der Waals surface area contributed by atoms with Gasteiger partial charge in [-0.1, -0.05) is 6.92 Å². The molecule has 0 bridgehead atoms. The second-order valence-electron chi connectivity index (χ2n) is 2.96. The number of hydrogen-bond acceptors (Lipinski definition) is 6. The first-order valence-corrected chi connectivity index (χ1v) is 4.47. The van der Waals surface area contributed by atoms with Gasteiger partial charge in [0.2, 0.25) is 11.9 Å². The van der Waals surface area contributed by atoms with Crippen molar-refractivity contribution >= 4 is 11.9 Å². The topological polar surface area (TPSA) is 86.0 Å². The van der Waals surface area contributed by atoms with Gasteiger partial charge in [-0.05, 0) is 13.3 Å². The van der Waals surface area contributed by atoms with Gasteiger partial charge in [0.1, 0.15) is 0 Å². The lowest BCUT2D eigenvalue weighted by Gasteiger charge is -2.11. The molecule has 1 aromatic heterocycles. The molecule has 1 heterocycles. The van der Waals surface area contributed by atoms with Crippen molar-refractivity contribution in [3.8, 4) is 6.01 Å². The molecule has 0 aliphatic rings. The van der Waals surface area contributed by atoms with Crippen LogP contribution in [-0.4, -0.2) is 28.1 Å². The van der Waals surface area contributed by atoms with Gasteiger partial charge in [-0.3, -0.25) is 0 Å². The Morgan fingerprint density at radius 2 is 2.14 bits per heavy atom. The first kappa shape index (κ1) is 10.5. The standard InChI is InChI=1S/C8H15N5O/c1-4-5(2)10-7-11-6(9)12-8(13-7)14-3/h5H,4H2,1-3H3,(H3,9,10,11,12,13). The van der Waals surface area contributed by atoms with E-state index in [4.69, 9.17) is 10.5 Å². The van der Waals surface area contributed by atoms with Gasteiger partial charge in [0, 0.05) is 6.04 Å². The van der Waals surface area contributed by atoms with Gasteiger partial charge in [0.25, 0.3) is 0 Å². The van der Waals surface area contributed by atoms with Crippen LogP contribution in [0.25, 0.3) is 0 Å². The number of anilines is 2. The molecule has 14 heavy (non-hydrogen) atoms. The number of methoxy groups -OCH3 is 1. The third-order valence-electron chi connectivity index (χ3n) is 1.80. The number of rotatable bonds is 4. The third-order valence-corrected chi connectivity index (χ3v) is 1.80. The predicted octanol–water partition coefficient (Wildman–Crippen LogP) is 0.673. The van der Waals surface area contributed by atoms with Crippen LogP contribution in [0.4, 0.5) is 11.9 Å². The molecule has 3 N–H and O–H groups in total. The molecule has 78 valence electrons. The number of nitrogens with two attached hydrogens (primary N) is 1. The number of aromatic nitrogens is 3. The number of nitrogen functional groups attached to an aromatic ring is 1.